The first-order valence-corrected chi connectivity index (χ1v) is 12.9. The van der Waals surface area contributed by atoms with E-state index in [1.54, 1.807) is 0 Å². The predicted octanol–water partition coefficient (Wildman–Crippen LogP) is 4.47. The maximum atomic E-state index is 11.6. The maximum Gasteiger partial charge on any atom is 0.306 e. The number of carboxylic acids is 1. The number of carbonyl (C=O) groups is 1. The van der Waals surface area contributed by atoms with Crippen molar-refractivity contribution in [1.29, 1.82) is 0 Å². The quantitative estimate of drug-likeness (QED) is 0.476. The molecular weight excluding hydrogens is 404 g/mol. The molecule has 0 unspecified atom stereocenters. The Morgan fingerprint density at radius 1 is 1.09 bits per heavy atom. The zero-order valence-corrected chi connectivity index (χ0v) is 20.3. The molecule has 0 saturated heterocycles. The van der Waals surface area contributed by atoms with Crippen molar-refractivity contribution in [1.82, 2.24) is 0 Å². The largest absolute Gasteiger partial charge is 0.481 e. The first kappa shape index (κ1) is 21.9. The van der Waals surface area contributed by atoms with E-state index in [-0.39, 0.29) is 46.5 Å². The molecule has 0 heterocycles. The van der Waals surface area contributed by atoms with Gasteiger partial charge in [-0.05, 0) is 97.7 Å². The minimum absolute atomic E-state index is 0.0585. The van der Waals surface area contributed by atoms with Crippen LogP contribution >= 0.6 is 0 Å². The lowest BCUT2D eigenvalue weighted by atomic mass is 9.43. The Hall–Kier alpha value is -0.650. The van der Waals surface area contributed by atoms with Gasteiger partial charge in [0.05, 0.1) is 24.2 Å². The third kappa shape index (κ3) is 3.84. The second kappa shape index (κ2) is 8.85. The number of aliphatic carboxylic acids is 1. The van der Waals surface area contributed by atoms with Crippen LogP contribution in [0.3, 0.4) is 0 Å². The second-order valence-corrected chi connectivity index (χ2v) is 12.3. The Kier molecular flexibility index (Phi) is 6.04. The molecule has 4 rings (SSSR count). The number of hydrogen-bond donors (Lipinski definition) is 4. The van der Waals surface area contributed by atoms with E-state index in [0.717, 1.165) is 38.5 Å². The summed E-state index contributed by atoms with van der Waals surface area (Å²) in [5.41, 5.74) is -0.240. The predicted molar refractivity (Wildman–Crippen MR) is 124 cm³/mol. The van der Waals surface area contributed by atoms with Gasteiger partial charge in [0.25, 0.3) is 0 Å². The average Bonchev–Trinajstić information content (AvgIpc) is 3.12. The average molecular weight is 453 g/mol. The third-order valence-electron chi connectivity index (χ3n) is 10.9. The van der Waals surface area contributed by atoms with Crippen LogP contribution in [0.15, 0.2) is 0 Å². The summed E-state index contributed by atoms with van der Waals surface area (Å²) in [4.78, 5) is 11.4. The molecular formula is C27H46O5. The number of aliphatic hydroxyl groups is 3. The van der Waals surface area contributed by atoms with E-state index in [1.165, 1.54) is 6.92 Å². The zero-order chi connectivity index (χ0) is 25.2. The van der Waals surface area contributed by atoms with Gasteiger partial charge in [0, 0.05) is 2.74 Å². The van der Waals surface area contributed by atoms with Gasteiger partial charge >= 0.3 is 5.97 Å². The molecule has 4 aliphatic rings. The number of rotatable bonds is 6. The van der Waals surface area contributed by atoms with Gasteiger partial charge in [0.2, 0.25) is 0 Å². The van der Waals surface area contributed by atoms with Gasteiger partial charge in [0.1, 0.15) is 0 Å². The highest BCUT2D eigenvalue weighted by atomic mass is 16.4. The van der Waals surface area contributed by atoms with Crippen molar-refractivity contribution in [3.63, 3.8) is 0 Å². The molecule has 4 saturated carbocycles. The van der Waals surface area contributed by atoms with Crippen LogP contribution in [0, 0.1) is 52.2 Å². The summed E-state index contributed by atoms with van der Waals surface area (Å²) in [7, 11) is 0. The Labute approximate surface area is 196 Å². The summed E-state index contributed by atoms with van der Waals surface area (Å²) in [5, 5.41) is 42.6. The number of hydrogen-bond acceptors (Lipinski definition) is 4. The number of aliphatic hydroxyl groups excluding tert-OH is 3. The molecule has 0 aromatic carbocycles. The SMILES string of the molecule is [2H][C@@H](CC[C@@H](C)[C@H]1CC[C@H]2[C@@H]3[C@H](O)C[C@@H]4C[C@H](O)CC[C@]4(C)[C@H]3C[C@H](O)[C@]12C)[C@]([2H])(C)C(=O)O. The molecule has 0 radical (unpaired) electrons. The molecule has 4 aliphatic carbocycles. The molecule has 13 atom stereocenters. The van der Waals surface area contributed by atoms with E-state index < -0.39 is 30.5 Å². The van der Waals surface area contributed by atoms with Crippen LogP contribution in [-0.2, 0) is 4.79 Å². The minimum atomic E-state index is -1.81. The molecule has 4 N–H and O–H groups in total. The van der Waals surface area contributed by atoms with Crippen LogP contribution in [0.25, 0.3) is 0 Å². The van der Waals surface area contributed by atoms with Crippen molar-refractivity contribution in [2.75, 3.05) is 0 Å². The summed E-state index contributed by atoms with van der Waals surface area (Å²) in [6.45, 7) is 8.01. The van der Waals surface area contributed by atoms with Crippen molar-refractivity contribution in [3.05, 3.63) is 0 Å². The molecule has 0 amide bonds. The Morgan fingerprint density at radius 3 is 2.50 bits per heavy atom. The molecule has 32 heavy (non-hydrogen) atoms. The van der Waals surface area contributed by atoms with Crippen LogP contribution in [0.2, 0.25) is 0 Å². The van der Waals surface area contributed by atoms with Crippen molar-refractivity contribution in [2.24, 2.45) is 52.2 Å². The van der Waals surface area contributed by atoms with Crippen LogP contribution in [-0.4, -0.2) is 44.7 Å². The van der Waals surface area contributed by atoms with Crippen LogP contribution in [0.5, 0.6) is 0 Å². The van der Waals surface area contributed by atoms with Gasteiger partial charge in [-0.1, -0.05) is 40.5 Å². The topological polar surface area (TPSA) is 98.0 Å². The molecule has 4 fully saturated rings. The highest BCUT2D eigenvalue weighted by Crippen LogP contribution is 2.68. The van der Waals surface area contributed by atoms with Gasteiger partial charge in [-0.15, -0.1) is 0 Å². The lowest BCUT2D eigenvalue weighted by molar-refractivity contribution is -0.207. The molecule has 0 aromatic rings. The Bertz CT molecular complexity index is 776. The fourth-order valence-corrected chi connectivity index (χ4v) is 8.98. The molecule has 0 spiro atoms. The fourth-order valence-electron chi connectivity index (χ4n) is 8.98. The summed E-state index contributed by atoms with van der Waals surface area (Å²) < 4.78 is 16.3. The third-order valence-corrected chi connectivity index (χ3v) is 10.9. The van der Waals surface area contributed by atoms with Gasteiger partial charge in [0.15, 0.2) is 0 Å². The smallest absolute Gasteiger partial charge is 0.306 e. The molecule has 0 aromatic heterocycles. The molecule has 0 bridgehead atoms. The highest BCUT2D eigenvalue weighted by molar-refractivity contribution is 5.69. The van der Waals surface area contributed by atoms with Crippen LogP contribution in [0.4, 0.5) is 0 Å². The van der Waals surface area contributed by atoms with E-state index in [0.29, 0.717) is 25.2 Å². The maximum absolute atomic E-state index is 11.6. The standard InChI is InChI=1S/C27H46O5/c1-15(6-5-7-16(2)25(31)32)19-8-9-20-24-21(14-23(30)27(19,20)4)26(3)11-10-18(28)12-17(26)13-22(24)29/h15-24,28-30H,5-14H2,1-4H3,(H,31,32)/t15-,16+,17+,18-,19-,20+,21+,22-,23+,24+,26+,27-/m1/s1/i7D,16D/t7-,15+,16-,17-,18+,19+,20-,21-,22+,23-,24-,26-,27+/m0. The Morgan fingerprint density at radius 2 is 1.81 bits per heavy atom. The van der Waals surface area contributed by atoms with Crippen LogP contribution < -0.4 is 0 Å². The lowest BCUT2D eigenvalue weighted by Crippen LogP contribution is -2.62. The zero-order valence-electron chi connectivity index (χ0n) is 22.3. The van der Waals surface area contributed by atoms with Crippen LogP contribution in [0.1, 0.15) is 94.6 Å². The first-order chi connectivity index (χ1) is 15.7. The van der Waals surface area contributed by atoms with E-state index in [9.17, 15) is 25.2 Å². The van der Waals surface area contributed by atoms with E-state index in [4.69, 9.17) is 2.74 Å². The van der Waals surface area contributed by atoms with E-state index >= 15 is 0 Å². The Balaban J connectivity index is 1.52. The minimum Gasteiger partial charge on any atom is -0.481 e. The van der Waals surface area contributed by atoms with Crippen molar-refractivity contribution >= 4 is 5.97 Å². The molecule has 184 valence electrons. The van der Waals surface area contributed by atoms with E-state index in [2.05, 4.69) is 20.8 Å². The molecule has 5 nitrogen and oxygen atoms in total. The first-order valence-electron chi connectivity index (χ1n) is 14.0. The van der Waals surface area contributed by atoms with Gasteiger partial charge in [-0.2, -0.15) is 0 Å². The van der Waals surface area contributed by atoms with E-state index in [1.807, 2.05) is 0 Å². The van der Waals surface area contributed by atoms with Crippen molar-refractivity contribution in [2.45, 2.75) is 110 Å². The summed E-state index contributed by atoms with van der Waals surface area (Å²) in [6, 6.07) is 0. The fraction of sp³-hybridized carbons (Fsp3) is 0.963. The van der Waals surface area contributed by atoms with Gasteiger partial charge in [-0.25, -0.2) is 0 Å². The summed E-state index contributed by atoms with van der Waals surface area (Å²) in [5.74, 6) is -1.59. The highest BCUT2D eigenvalue weighted by Gasteiger charge is 2.65. The lowest BCUT2D eigenvalue weighted by Gasteiger charge is -2.63. The molecule has 0 aliphatic heterocycles. The number of fused-ring (bicyclic) bond motifs is 5. The molecule has 5 heteroatoms. The van der Waals surface area contributed by atoms with Crippen molar-refractivity contribution < 1.29 is 28.0 Å². The normalized spacial score (nSPS) is 53.0. The second-order valence-electron chi connectivity index (χ2n) is 12.3. The summed E-state index contributed by atoms with van der Waals surface area (Å²) in [6.07, 6.45) is 4.87. The van der Waals surface area contributed by atoms with Gasteiger partial charge < -0.3 is 20.4 Å². The summed E-state index contributed by atoms with van der Waals surface area (Å²) >= 11 is 0. The number of carboxylic acid groups (broad SMARTS) is 1. The van der Waals surface area contributed by atoms with Gasteiger partial charge in [-0.3, -0.25) is 4.79 Å². The monoisotopic (exact) mass is 452 g/mol. The van der Waals surface area contributed by atoms with Crippen molar-refractivity contribution in [3.8, 4) is 0 Å².